The van der Waals surface area contributed by atoms with Crippen molar-refractivity contribution in [3.05, 3.63) is 76.2 Å². The molecule has 0 atom stereocenters. The van der Waals surface area contributed by atoms with Crippen LogP contribution in [0.3, 0.4) is 0 Å². The number of hydrogen-bond donors (Lipinski definition) is 2. The minimum Gasteiger partial charge on any atom is -0.493 e. The lowest BCUT2D eigenvalue weighted by molar-refractivity contribution is -0.115. The van der Waals surface area contributed by atoms with Crippen molar-refractivity contribution < 1.29 is 14.3 Å². The van der Waals surface area contributed by atoms with Gasteiger partial charge >= 0.3 is 0 Å². The van der Waals surface area contributed by atoms with Gasteiger partial charge in [-0.3, -0.25) is 9.59 Å². The predicted octanol–water partition coefficient (Wildman–Crippen LogP) is 3.26. The fraction of sp³-hybridized carbons (Fsp3) is 0.190. The number of aromatic nitrogens is 2. The standard InChI is InChI=1S/C21H21N3O4S/c1-27-17-9-8-15(10-18(17)28-2)22-19(25)11-16-12-20(26)24-21(23-16)29-13-14-6-4-3-5-7-14/h3-10,12H,11,13H2,1-2H3,(H,22,25)(H,23,24,26). The molecule has 1 amide bonds. The van der Waals surface area contributed by atoms with Crippen molar-refractivity contribution >= 4 is 23.4 Å². The van der Waals surface area contributed by atoms with Crippen LogP contribution in [-0.2, 0) is 17.0 Å². The van der Waals surface area contributed by atoms with E-state index in [9.17, 15) is 9.59 Å². The zero-order valence-electron chi connectivity index (χ0n) is 16.1. The van der Waals surface area contributed by atoms with Crippen molar-refractivity contribution in [2.75, 3.05) is 19.5 Å². The van der Waals surface area contributed by atoms with E-state index in [1.165, 1.54) is 24.9 Å². The van der Waals surface area contributed by atoms with E-state index in [1.54, 1.807) is 25.3 Å². The highest BCUT2D eigenvalue weighted by Crippen LogP contribution is 2.29. The molecule has 3 aromatic rings. The molecule has 0 unspecified atom stereocenters. The molecule has 0 aliphatic rings. The number of ether oxygens (including phenoxy) is 2. The molecular weight excluding hydrogens is 390 g/mol. The Morgan fingerprint density at radius 2 is 1.83 bits per heavy atom. The Hall–Kier alpha value is -3.26. The highest BCUT2D eigenvalue weighted by atomic mass is 32.2. The van der Waals surface area contributed by atoms with Crippen LogP contribution in [0.2, 0.25) is 0 Å². The molecule has 7 nitrogen and oxygen atoms in total. The van der Waals surface area contributed by atoms with E-state index in [-0.39, 0.29) is 17.9 Å². The Balaban J connectivity index is 1.65. The highest BCUT2D eigenvalue weighted by molar-refractivity contribution is 7.98. The Morgan fingerprint density at radius 1 is 1.07 bits per heavy atom. The number of nitrogens with zero attached hydrogens (tertiary/aromatic N) is 1. The van der Waals surface area contributed by atoms with Crippen molar-refractivity contribution in [2.24, 2.45) is 0 Å². The van der Waals surface area contributed by atoms with Crippen molar-refractivity contribution in [3.63, 3.8) is 0 Å². The molecule has 0 bridgehead atoms. The molecule has 0 fully saturated rings. The zero-order chi connectivity index (χ0) is 20.6. The van der Waals surface area contributed by atoms with Gasteiger partial charge in [0.1, 0.15) is 0 Å². The van der Waals surface area contributed by atoms with Gasteiger partial charge in [-0.1, -0.05) is 42.1 Å². The van der Waals surface area contributed by atoms with Gasteiger partial charge in [-0.15, -0.1) is 0 Å². The predicted molar refractivity (Wildman–Crippen MR) is 113 cm³/mol. The number of rotatable bonds is 8. The number of aromatic amines is 1. The number of benzene rings is 2. The SMILES string of the molecule is COc1ccc(NC(=O)Cc2cc(=O)[nH]c(SCc3ccccc3)n2)cc1OC. The van der Waals surface area contributed by atoms with Crippen LogP contribution in [0.1, 0.15) is 11.3 Å². The fourth-order valence-electron chi connectivity index (χ4n) is 2.65. The summed E-state index contributed by atoms with van der Waals surface area (Å²) in [5.41, 5.74) is 1.81. The lowest BCUT2D eigenvalue weighted by Gasteiger charge is -2.10. The molecule has 0 spiro atoms. The van der Waals surface area contributed by atoms with Crippen molar-refractivity contribution in [3.8, 4) is 11.5 Å². The molecule has 8 heteroatoms. The summed E-state index contributed by atoms with van der Waals surface area (Å²) in [6, 6.07) is 16.3. The molecule has 2 aromatic carbocycles. The van der Waals surface area contributed by atoms with Crippen LogP contribution < -0.4 is 20.3 Å². The average molecular weight is 411 g/mol. The summed E-state index contributed by atoms with van der Waals surface area (Å²) < 4.78 is 10.4. The fourth-order valence-corrected chi connectivity index (χ4v) is 3.50. The van der Waals surface area contributed by atoms with Crippen LogP contribution >= 0.6 is 11.8 Å². The molecule has 3 rings (SSSR count). The maximum Gasteiger partial charge on any atom is 0.251 e. The minimum atomic E-state index is -0.288. The van der Waals surface area contributed by atoms with E-state index in [0.29, 0.717) is 33.8 Å². The molecule has 0 radical (unpaired) electrons. The zero-order valence-corrected chi connectivity index (χ0v) is 16.9. The number of amides is 1. The van der Waals surface area contributed by atoms with Gasteiger partial charge in [-0.2, -0.15) is 0 Å². The first kappa shape index (κ1) is 20.5. The Morgan fingerprint density at radius 3 is 2.55 bits per heavy atom. The number of thioether (sulfide) groups is 1. The molecule has 1 aromatic heterocycles. The van der Waals surface area contributed by atoms with Crippen LogP contribution in [0, 0.1) is 0 Å². The largest absolute Gasteiger partial charge is 0.493 e. The third-order valence-electron chi connectivity index (χ3n) is 4.00. The first-order valence-electron chi connectivity index (χ1n) is 8.86. The van der Waals surface area contributed by atoms with E-state index in [2.05, 4.69) is 15.3 Å². The second-order valence-corrected chi connectivity index (χ2v) is 7.07. The van der Waals surface area contributed by atoms with Crippen LogP contribution in [0.15, 0.2) is 64.5 Å². The number of nitrogens with one attached hydrogen (secondary N) is 2. The Labute approximate surface area is 172 Å². The van der Waals surface area contributed by atoms with Crippen molar-refractivity contribution in [1.29, 1.82) is 0 Å². The number of carbonyl (C=O) groups excluding carboxylic acids is 1. The maximum atomic E-state index is 12.4. The third kappa shape index (κ3) is 5.86. The molecule has 0 aliphatic heterocycles. The first-order valence-corrected chi connectivity index (χ1v) is 9.85. The smallest absolute Gasteiger partial charge is 0.251 e. The summed E-state index contributed by atoms with van der Waals surface area (Å²) in [6.45, 7) is 0. The molecule has 150 valence electrons. The van der Waals surface area contributed by atoms with Gasteiger partial charge in [0.25, 0.3) is 5.56 Å². The van der Waals surface area contributed by atoms with Gasteiger partial charge in [0.2, 0.25) is 5.91 Å². The number of anilines is 1. The number of H-pyrrole nitrogens is 1. The number of carbonyl (C=O) groups is 1. The van der Waals surface area contributed by atoms with E-state index in [0.717, 1.165) is 5.56 Å². The summed E-state index contributed by atoms with van der Waals surface area (Å²) >= 11 is 1.41. The van der Waals surface area contributed by atoms with Crippen LogP contribution in [0.5, 0.6) is 11.5 Å². The van der Waals surface area contributed by atoms with E-state index < -0.39 is 0 Å². The second-order valence-electron chi connectivity index (χ2n) is 6.11. The maximum absolute atomic E-state index is 12.4. The molecule has 0 saturated carbocycles. The Bertz CT molecular complexity index is 1040. The number of hydrogen-bond acceptors (Lipinski definition) is 6. The normalized spacial score (nSPS) is 10.4. The topological polar surface area (TPSA) is 93.3 Å². The lowest BCUT2D eigenvalue weighted by atomic mass is 10.2. The van der Waals surface area contributed by atoms with Gasteiger partial charge < -0.3 is 19.8 Å². The lowest BCUT2D eigenvalue weighted by Crippen LogP contribution is -2.18. The van der Waals surface area contributed by atoms with Gasteiger partial charge in [0.05, 0.1) is 26.3 Å². The molecule has 29 heavy (non-hydrogen) atoms. The molecule has 0 aliphatic carbocycles. The number of methoxy groups -OCH3 is 2. The van der Waals surface area contributed by atoms with Gasteiger partial charge in [-0.05, 0) is 17.7 Å². The van der Waals surface area contributed by atoms with Crippen molar-refractivity contribution in [2.45, 2.75) is 17.3 Å². The second kappa shape index (κ2) is 9.79. The van der Waals surface area contributed by atoms with Gasteiger partial charge in [0.15, 0.2) is 16.7 Å². The Kier molecular flexibility index (Phi) is 6.91. The van der Waals surface area contributed by atoms with Gasteiger partial charge in [0, 0.05) is 23.6 Å². The molecular formula is C21H21N3O4S. The molecule has 1 heterocycles. The van der Waals surface area contributed by atoms with E-state index >= 15 is 0 Å². The van der Waals surface area contributed by atoms with Crippen molar-refractivity contribution in [1.82, 2.24) is 9.97 Å². The molecule has 0 saturated heterocycles. The van der Waals surface area contributed by atoms with Crippen LogP contribution in [0.25, 0.3) is 0 Å². The summed E-state index contributed by atoms with van der Waals surface area (Å²) in [6.07, 6.45) is -0.0167. The minimum absolute atomic E-state index is 0.0167. The van der Waals surface area contributed by atoms with E-state index in [4.69, 9.17) is 9.47 Å². The third-order valence-corrected chi connectivity index (χ3v) is 4.94. The average Bonchev–Trinajstić information content (AvgIpc) is 2.72. The summed E-state index contributed by atoms with van der Waals surface area (Å²) in [7, 11) is 3.07. The molecule has 2 N–H and O–H groups in total. The van der Waals surface area contributed by atoms with Crippen LogP contribution in [-0.4, -0.2) is 30.1 Å². The monoisotopic (exact) mass is 411 g/mol. The van der Waals surface area contributed by atoms with Crippen LogP contribution in [0.4, 0.5) is 5.69 Å². The highest BCUT2D eigenvalue weighted by Gasteiger charge is 2.11. The summed E-state index contributed by atoms with van der Waals surface area (Å²) in [4.78, 5) is 31.4. The first-order chi connectivity index (χ1) is 14.1. The summed E-state index contributed by atoms with van der Waals surface area (Å²) in [5, 5.41) is 3.26. The van der Waals surface area contributed by atoms with Gasteiger partial charge in [-0.25, -0.2) is 4.98 Å². The quantitative estimate of drug-likeness (QED) is 0.437. The summed E-state index contributed by atoms with van der Waals surface area (Å²) in [5.74, 6) is 1.47. The van der Waals surface area contributed by atoms with E-state index in [1.807, 2.05) is 30.3 Å².